The van der Waals surface area contributed by atoms with Crippen LogP contribution < -0.4 is 14.8 Å². The second-order valence-corrected chi connectivity index (χ2v) is 3.83. The molecule has 2 N–H and O–H groups in total. The first-order chi connectivity index (χ1) is 8.72. The van der Waals surface area contributed by atoms with Gasteiger partial charge in [0.25, 0.3) is 0 Å². The van der Waals surface area contributed by atoms with E-state index in [1.807, 2.05) is 0 Å². The smallest absolute Gasteiger partial charge is 0.325 e. The number of nitrogens with one attached hydrogen (secondary N) is 1. The van der Waals surface area contributed by atoms with Gasteiger partial charge in [0.1, 0.15) is 6.04 Å². The molecule has 0 amide bonds. The molecule has 1 atom stereocenters. The number of benzene rings is 1. The Balaban J connectivity index is 2.12. The van der Waals surface area contributed by atoms with E-state index in [0.29, 0.717) is 30.2 Å². The number of hydrogen-bond acceptors (Lipinski definition) is 5. The summed E-state index contributed by atoms with van der Waals surface area (Å²) in [5, 5.41) is 12.1. The molecule has 0 bridgehead atoms. The lowest BCUT2D eigenvalue weighted by molar-refractivity contribution is -0.139. The summed E-state index contributed by atoms with van der Waals surface area (Å²) in [6.07, 6.45) is 0. The van der Waals surface area contributed by atoms with Gasteiger partial charge < -0.3 is 19.3 Å². The predicted octanol–water partition coefficient (Wildman–Crippen LogP) is 0.777. The Kier molecular flexibility index (Phi) is 4.01. The second kappa shape index (κ2) is 5.70. The van der Waals surface area contributed by atoms with Crippen LogP contribution >= 0.6 is 0 Å². The zero-order valence-corrected chi connectivity index (χ0v) is 10.0. The number of methoxy groups -OCH3 is 1. The number of rotatable bonds is 6. The van der Waals surface area contributed by atoms with E-state index in [9.17, 15) is 9.90 Å². The maximum Gasteiger partial charge on any atom is 0.325 e. The van der Waals surface area contributed by atoms with Gasteiger partial charge in [-0.05, 0) is 17.7 Å². The predicted molar refractivity (Wildman–Crippen MR) is 62.8 cm³/mol. The second-order valence-electron chi connectivity index (χ2n) is 3.83. The molecular formula is C12H15NO5. The van der Waals surface area contributed by atoms with Crippen LogP contribution in [0.3, 0.4) is 0 Å². The molecule has 2 rings (SSSR count). The standard InChI is InChI=1S/C12H15NO5/c1-16-5-4-13-11(12(14)15)8-2-3-9-10(6-8)18-7-17-9/h2-3,6,11,13H,4-5,7H2,1H3,(H,14,15). The quantitative estimate of drug-likeness (QED) is 0.729. The topological polar surface area (TPSA) is 77.0 Å². The van der Waals surface area contributed by atoms with Crippen molar-refractivity contribution in [1.82, 2.24) is 5.32 Å². The van der Waals surface area contributed by atoms with E-state index in [4.69, 9.17) is 14.2 Å². The summed E-state index contributed by atoms with van der Waals surface area (Å²) >= 11 is 0. The lowest BCUT2D eigenvalue weighted by atomic mass is 10.1. The first-order valence-corrected chi connectivity index (χ1v) is 5.57. The van der Waals surface area contributed by atoms with Gasteiger partial charge in [0.05, 0.1) is 6.61 Å². The van der Waals surface area contributed by atoms with Crippen molar-refractivity contribution >= 4 is 5.97 Å². The highest BCUT2D eigenvalue weighted by atomic mass is 16.7. The van der Waals surface area contributed by atoms with Crippen molar-refractivity contribution in [2.75, 3.05) is 27.1 Å². The summed E-state index contributed by atoms with van der Waals surface area (Å²) in [6, 6.07) is 4.33. The largest absolute Gasteiger partial charge is 0.480 e. The fraction of sp³-hybridized carbons (Fsp3) is 0.417. The summed E-state index contributed by atoms with van der Waals surface area (Å²) in [6.45, 7) is 1.09. The van der Waals surface area contributed by atoms with E-state index in [1.54, 1.807) is 25.3 Å². The number of ether oxygens (including phenoxy) is 3. The maximum atomic E-state index is 11.2. The molecule has 0 radical (unpaired) electrons. The zero-order chi connectivity index (χ0) is 13.0. The Morgan fingerprint density at radius 1 is 1.50 bits per heavy atom. The lowest BCUT2D eigenvalue weighted by Gasteiger charge is -2.14. The van der Waals surface area contributed by atoms with Gasteiger partial charge in [0.2, 0.25) is 6.79 Å². The molecule has 0 aliphatic carbocycles. The van der Waals surface area contributed by atoms with Gasteiger partial charge in [0.15, 0.2) is 11.5 Å². The van der Waals surface area contributed by atoms with Crippen LogP contribution in [0, 0.1) is 0 Å². The van der Waals surface area contributed by atoms with Gasteiger partial charge in [-0.3, -0.25) is 10.1 Å². The Labute approximate surface area is 104 Å². The summed E-state index contributed by atoms with van der Waals surface area (Å²) in [7, 11) is 1.57. The minimum absolute atomic E-state index is 0.174. The maximum absolute atomic E-state index is 11.2. The Hall–Kier alpha value is -1.79. The van der Waals surface area contributed by atoms with Gasteiger partial charge in [-0.2, -0.15) is 0 Å². The van der Waals surface area contributed by atoms with Crippen LogP contribution in [0.4, 0.5) is 0 Å². The lowest BCUT2D eigenvalue weighted by Crippen LogP contribution is -2.30. The van der Waals surface area contributed by atoms with Crippen molar-refractivity contribution < 1.29 is 24.1 Å². The van der Waals surface area contributed by atoms with Gasteiger partial charge in [0, 0.05) is 13.7 Å². The minimum Gasteiger partial charge on any atom is -0.480 e. The summed E-state index contributed by atoms with van der Waals surface area (Å²) in [4.78, 5) is 11.2. The monoisotopic (exact) mass is 253 g/mol. The molecule has 1 aliphatic rings. The molecule has 0 spiro atoms. The fourth-order valence-corrected chi connectivity index (χ4v) is 1.75. The molecule has 6 nitrogen and oxygen atoms in total. The number of aliphatic carboxylic acids is 1. The summed E-state index contributed by atoms with van der Waals surface area (Å²) in [5.41, 5.74) is 0.628. The van der Waals surface area contributed by atoms with Crippen molar-refractivity contribution in [3.8, 4) is 11.5 Å². The van der Waals surface area contributed by atoms with Crippen LogP contribution in [0.2, 0.25) is 0 Å². The van der Waals surface area contributed by atoms with Crippen molar-refractivity contribution in [1.29, 1.82) is 0 Å². The van der Waals surface area contributed by atoms with Crippen molar-refractivity contribution in [3.63, 3.8) is 0 Å². The fourth-order valence-electron chi connectivity index (χ4n) is 1.75. The molecule has 1 aromatic rings. The average Bonchev–Trinajstić information content (AvgIpc) is 2.81. The van der Waals surface area contributed by atoms with E-state index in [1.165, 1.54) is 0 Å². The van der Waals surface area contributed by atoms with E-state index in [2.05, 4.69) is 5.32 Å². The first kappa shape index (κ1) is 12.7. The molecule has 1 aromatic carbocycles. The SMILES string of the molecule is COCCNC(C(=O)O)c1ccc2c(c1)OCO2. The number of hydrogen-bond donors (Lipinski definition) is 2. The third kappa shape index (κ3) is 2.72. The van der Waals surface area contributed by atoms with Gasteiger partial charge in [-0.25, -0.2) is 0 Å². The van der Waals surface area contributed by atoms with E-state index >= 15 is 0 Å². The molecule has 0 aromatic heterocycles. The number of fused-ring (bicyclic) bond motifs is 1. The Morgan fingerprint density at radius 2 is 2.28 bits per heavy atom. The van der Waals surface area contributed by atoms with Crippen molar-refractivity contribution in [2.45, 2.75) is 6.04 Å². The van der Waals surface area contributed by atoms with E-state index in [0.717, 1.165) is 0 Å². The Bertz CT molecular complexity index is 434. The highest BCUT2D eigenvalue weighted by Gasteiger charge is 2.22. The van der Waals surface area contributed by atoms with Gasteiger partial charge in [-0.15, -0.1) is 0 Å². The molecule has 0 saturated carbocycles. The summed E-state index contributed by atoms with van der Waals surface area (Å²) in [5.74, 6) is 0.275. The minimum atomic E-state index is -0.940. The Morgan fingerprint density at radius 3 is 3.00 bits per heavy atom. The molecule has 98 valence electrons. The molecule has 1 aliphatic heterocycles. The normalized spacial score (nSPS) is 14.5. The van der Waals surface area contributed by atoms with Crippen LogP contribution in [0.1, 0.15) is 11.6 Å². The van der Waals surface area contributed by atoms with Crippen molar-refractivity contribution in [3.05, 3.63) is 23.8 Å². The van der Waals surface area contributed by atoms with Gasteiger partial charge >= 0.3 is 5.97 Å². The highest BCUT2D eigenvalue weighted by Crippen LogP contribution is 2.34. The van der Waals surface area contributed by atoms with Gasteiger partial charge in [-0.1, -0.05) is 6.07 Å². The van der Waals surface area contributed by atoms with Crippen LogP contribution in [-0.4, -0.2) is 38.1 Å². The molecule has 1 unspecified atom stereocenters. The van der Waals surface area contributed by atoms with Crippen LogP contribution in [-0.2, 0) is 9.53 Å². The van der Waals surface area contributed by atoms with E-state index < -0.39 is 12.0 Å². The number of carbonyl (C=O) groups is 1. The summed E-state index contributed by atoms with van der Waals surface area (Å²) < 4.78 is 15.3. The van der Waals surface area contributed by atoms with Crippen LogP contribution in [0.25, 0.3) is 0 Å². The molecule has 1 heterocycles. The molecule has 6 heteroatoms. The third-order valence-corrected chi connectivity index (χ3v) is 2.63. The van der Waals surface area contributed by atoms with Crippen LogP contribution in [0.15, 0.2) is 18.2 Å². The average molecular weight is 253 g/mol. The zero-order valence-electron chi connectivity index (χ0n) is 10.0. The van der Waals surface area contributed by atoms with Crippen molar-refractivity contribution in [2.24, 2.45) is 0 Å². The first-order valence-electron chi connectivity index (χ1n) is 5.57. The number of carboxylic acids is 1. The molecule has 0 fully saturated rings. The molecular weight excluding hydrogens is 238 g/mol. The highest BCUT2D eigenvalue weighted by molar-refractivity contribution is 5.76. The van der Waals surface area contributed by atoms with E-state index in [-0.39, 0.29) is 6.79 Å². The number of carboxylic acid groups (broad SMARTS) is 1. The third-order valence-electron chi connectivity index (χ3n) is 2.63. The molecule has 18 heavy (non-hydrogen) atoms. The van der Waals surface area contributed by atoms with Crippen LogP contribution in [0.5, 0.6) is 11.5 Å². The molecule has 0 saturated heterocycles.